The van der Waals surface area contributed by atoms with Crippen LogP contribution in [0, 0.1) is 12.8 Å². The zero-order valence-corrected chi connectivity index (χ0v) is 12.8. The molecule has 110 valence electrons. The lowest BCUT2D eigenvalue weighted by Gasteiger charge is -2.36. The summed E-state index contributed by atoms with van der Waals surface area (Å²) in [6, 6.07) is 3.90. The van der Waals surface area contributed by atoms with Crippen molar-refractivity contribution >= 4 is 23.2 Å². The van der Waals surface area contributed by atoms with Gasteiger partial charge >= 0.3 is 5.97 Å². The Morgan fingerprint density at radius 1 is 1.40 bits per heavy atom. The number of nitrogens with one attached hydrogen (secondary N) is 1. The maximum Gasteiger partial charge on any atom is 0.329 e. The predicted molar refractivity (Wildman–Crippen MR) is 78.9 cm³/mol. The lowest BCUT2D eigenvalue weighted by atomic mass is 9.77. The average Bonchev–Trinajstić information content (AvgIpc) is 2.77. The van der Waals surface area contributed by atoms with Crippen molar-refractivity contribution in [3.05, 3.63) is 21.9 Å². The number of hydrogen-bond donors (Lipinski definition) is 2. The van der Waals surface area contributed by atoms with Gasteiger partial charge in [0.15, 0.2) is 0 Å². The predicted octanol–water partition coefficient (Wildman–Crippen LogP) is 2.75. The Kier molecular flexibility index (Phi) is 4.48. The third-order valence-corrected chi connectivity index (χ3v) is 5.05. The SMILES string of the molecule is Cc1ccc(CC(=O)NC2(C(=O)O)CCC(C)CC2)s1. The van der Waals surface area contributed by atoms with Gasteiger partial charge in [0.05, 0.1) is 6.42 Å². The fourth-order valence-electron chi connectivity index (χ4n) is 2.70. The molecule has 4 nitrogen and oxygen atoms in total. The number of rotatable bonds is 4. The van der Waals surface area contributed by atoms with Crippen molar-refractivity contribution in [2.24, 2.45) is 5.92 Å². The number of hydrogen-bond acceptors (Lipinski definition) is 3. The van der Waals surface area contributed by atoms with Gasteiger partial charge in [0.25, 0.3) is 0 Å². The Bertz CT molecular complexity index is 501. The smallest absolute Gasteiger partial charge is 0.329 e. The quantitative estimate of drug-likeness (QED) is 0.897. The standard InChI is InChI=1S/C15H21NO3S/c1-10-5-7-15(8-6-10,14(18)19)16-13(17)9-12-4-3-11(2)20-12/h3-4,10H,5-9H2,1-2H3,(H,16,17)(H,18,19). The first-order valence-electron chi connectivity index (χ1n) is 7.01. The lowest BCUT2D eigenvalue weighted by molar-refractivity contribution is -0.149. The van der Waals surface area contributed by atoms with Crippen LogP contribution in [0.15, 0.2) is 12.1 Å². The van der Waals surface area contributed by atoms with Gasteiger partial charge in [0, 0.05) is 9.75 Å². The Balaban J connectivity index is 2.01. The summed E-state index contributed by atoms with van der Waals surface area (Å²) in [6.07, 6.45) is 3.02. The molecule has 1 saturated carbocycles. The molecule has 2 N–H and O–H groups in total. The van der Waals surface area contributed by atoms with E-state index in [4.69, 9.17) is 0 Å². The van der Waals surface area contributed by atoms with Gasteiger partial charge in [-0.1, -0.05) is 6.92 Å². The molecule has 1 aromatic heterocycles. The van der Waals surface area contributed by atoms with Crippen molar-refractivity contribution in [1.82, 2.24) is 5.32 Å². The molecule has 0 atom stereocenters. The zero-order chi connectivity index (χ0) is 14.8. The molecular formula is C15H21NO3S. The molecule has 0 spiro atoms. The van der Waals surface area contributed by atoms with Gasteiger partial charge in [0.2, 0.25) is 5.91 Å². The van der Waals surface area contributed by atoms with E-state index in [1.165, 1.54) is 0 Å². The Labute approximate surface area is 123 Å². The molecule has 20 heavy (non-hydrogen) atoms. The van der Waals surface area contributed by atoms with E-state index in [1.54, 1.807) is 11.3 Å². The summed E-state index contributed by atoms with van der Waals surface area (Å²) >= 11 is 1.58. The second kappa shape index (κ2) is 5.95. The van der Waals surface area contributed by atoms with Crippen LogP contribution < -0.4 is 5.32 Å². The summed E-state index contributed by atoms with van der Waals surface area (Å²) in [5.74, 6) is -0.553. The number of amides is 1. The number of thiophene rings is 1. The first-order valence-corrected chi connectivity index (χ1v) is 7.83. The largest absolute Gasteiger partial charge is 0.480 e. The third kappa shape index (κ3) is 3.39. The van der Waals surface area contributed by atoms with Crippen molar-refractivity contribution in [3.8, 4) is 0 Å². The number of aliphatic carboxylic acids is 1. The molecule has 1 aromatic rings. The van der Waals surface area contributed by atoms with Crippen molar-refractivity contribution in [3.63, 3.8) is 0 Å². The van der Waals surface area contributed by atoms with Crippen LogP contribution in [0.2, 0.25) is 0 Å². The minimum Gasteiger partial charge on any atom is -0.480 e. The molecule has 1 fully saturated rings. The van der Waals surface area contributed by atoms with E-state index < -0.39 is 11.5 Å². The van der Waals surface area contributed by atoms with Gasteiger partial charge in [-0.25, -0.2) is 4.79 Å². The molecule has 0 radical (unpaired) electrons. The highest BCUT2D eigenvalue weighted by molar-refractivity contribution is 7.12. The van der Waals surface area contributed by atoms with Crippen LogP contribution in [-0.2, 0) is 16.0 Å². The molecule has 1 aliphatic carbocycles. The summed E-state index contributed by atoms with van der Waals surface area (Å²) in [7, 11) is 0. The van der Waals surface area contributed by atoms with Gasteiger partial charge in [-0.05, 0) is 50.7 Å². The van der Waals surface area contributed by atoms with Gasteiger partial charge in [-0.3, -0.25) is 4.79 Å². The molecule has 1 heterocycles. The molecular weight excluding hydrogens is 274 g/mol. The number of carboxylic acids is 1. The highest BCUT2D eigenvalue weighted by Gasteiger charge is 2.42. The van der Waals surface area contributed by atoms with Crippen LogP contribution in [0.1, 0.15) is 42.4 Å². The minimum atomic E-state index is -1.06. The summed E-state index contributed by atoms with van der Waals surface area (Å²) < 4.78 is 0. The van der Waals surface area contributed by atoms with E-state index in [1.807, 2.05) is 19.1 Å². The maximum atomic E-state index is 12.1. The molecule has 1 amide bonds. The van der Waals surface area contributed by atoms with Crippen LogP contribution in [-0.4, -0.2) is 22.5 Å². The van der Waals surface area contributed by atoms with E-state index in [9.17, 15) is 14.7 Å². The van der Waals surface area contributed by atoms with Crippen LogP contribution in [0.5, 0.6) is 0 Å². The highest BCUT2D eigenvalue weighted by atomic mass is 32.1. The van der Waals surface area contributed by atoms with Crippen molar-refractivity contribution in [1.29, 1.82) is 0 Å². The fraction of sp³-hybridized carbons (Fsp3) is 0.600. The number of carbonyl (C=O) groups excluding carboxylic acids is 1. The van der Waals surface area contributed by atoms with Gasteiger partial charge in [-0.15, -0.1) is 11.3 Å². The van der Waals surface area contributed by atoms with E-state index in [-0.39, 0.29) is 12.3 Å². The Morgan fingerprint density at radius 2 is 2.05 bits per heavy atom. The second-order valence-corrected chi connectivity index (χ2v) is 7.18. The van der Waals surface area contributed by atoms with Crippen molar-refractivity contribution in [2.45, 2.75) is 51.5 Å². The van der Waals surface area contributed by atoms with Crippen LogP contribution >= 0.6 is 11.3 Å². The Morgan fingerprint density at radius 3 is 2.55 bits per heavy atom. The summed E-state index contributed by atoms with van der Waals surface area (Å²) in [5.41, 5.74) is -1.06. The van der Waals surface area contributed by atoms with Crippen LogP contribution in [0.25, 0.3) is 0 Å². The van der Waals surface area contributed by atoms with Crippen LogP contribution in [0.4, 0.5) is 0 Å². The molecule has 0 aromatic carbocycles. The molecule has 0 aliphatic heterocycles. The molecule has 0 unspecified atom stereocenters. The monoisotopic (exact) mass is 295 g/mol. The van der Waals surface area contributed by atoms with E-state index in [0.29, 0.717) is 18.8 Å². The second-order valence-electron chi connectivity index (χ2n) is 5.81. The van der Waals surface area contributed by atoms with Gasteiger partial charge in [0.1, 0.15) is 5.54 Å². The van der Waals surface area contributed by atoms with E-state index in [2.05, 4.69) is 12.2 Å². The van der Waals surface area contributed by atoms with Crippen molar-refractivity contribution in [2.75, 3.05) is 0 Å². The number of carboxylic acid groups (broad SMARTS) is 1. The van der Waals surface area contributed by atoms with Crippen LogP contribution in [0.3, 0.4) is 0 Å². The molecule has 2 rings (SSSR count). The van der Waals surface area contributed by atoms with Gasteiger partial charge in [-0.2, -0.15) is 0 Å². The highest BCUT2D eigenvalue weighted by Crippen LogP contribution is 2.32. The average molecular weight is 295 g/mol. The van der Waals surface area contributed by atoms with Gasteiger partial charge < -0.3 is 10.4 Å². The zero-order valence-electron chi connectivity index (χ0n) is 11.9. The topological polar surface area (TPSA) is 66.4 Å². The normalized spacial score (nSPS) is 26.2. The first-order chi connectivity index (χ1) is 9.41. The summed E-state index contributed by atoms with van der Waals surface area (Å²) in [6.45, 7) is 4.12. The summed E-state index contributed by atoms with van der Waals surface area (Å²) in [4.78, 5) is 25.8. The lowest BCUT2D eigenvalue weighted by Crippen LogP contribution is -2.56. The number of aryl methyl sites for hydroxylation is 1. The maximum absolute atomic E-state index is 12.1. The van der Waals surface area contributed by atoms with Crippen molar-refractivity contribution < 1.29 is 14.7 Å². The minimum absolute atomic E-state index is 0.191. The third-order valence-electron chi connectivity index (χ3n) is 4.05. The van der Waals surface area contributed by atoms with E-state index in [0.717, 1.165) is 22.6 Å². The molecule has 1 aliphatic rings. The Hall–Kier alpha value is -1.36. The fourth-order valence-corrected chi connectivity index (χ4v) is 3.59. The van der Waals surface area contributed by atoms with E-state index >= 15 is 0 Å². The molecule has 5 heteroatoms. The molecule has 0 bridgehead atoms. The number of carbonyl (C=O) groups is 2. The first kappa shape index (κ1) is 15.0. The molecule has 0 saturated heterocycles. The summed E-state index contributed by atoms with van der Waals surface area (Å²) in [5, 5.41) is 12.3.